The third-order valence-electron chi connectivity index (χ3n) is 2.07. The van der Waals surface area contributed by atoms with Crippen LogP contribution in [-0.4, -0.2) is 24.4 Å². The largest absolute Gasteiger partial charge is 0.493 e. The predicted molar refractivity (Wildman–Crippen MR) is 64.9 cm³/mol. The van der Waals surface area contributed by atoms with Gasteiger partial charge in [0.2, 0.25) is 0 Å². The Kier molecular flexibility index (Phi) is 5.32. The topological polar surface area (TPSA) is 26.3 Å². The molecular weight excluding hydrogens is 227 g/mol. The summed E-state index contributed by atoms with van der Waals surface area (Å²) in [4.78, 5) is 11.3. The van der Waals surface area contributed by atoms with E-state index in [-0.39, 0.29) is 11.6 Å². The highest BCUT2D eigenvalue weighted by atomic mass is 32.2. The average molecular weight is 242 g/mol. The molecule has 0 N–H and O–H groups in total. The van der Waals surface area contributed by atoms with Crippen LogP contribution in [0.15, 0.2) is 18.2 Å². The van der Waals surface area contributed by atoms with Crippen molar-refractivity contribution in [3.05, 3.63) is 29.6 Å². The van der Waals surface area contributed by atoms with Crippen LogP contribution in [-0.2, 0) is 0 Å². The van der Waals surface area contributed by atoms with Crippen molar-refractivity contribution in [2.24, 2.45) is 0 Å². The van der Waals surface area contributed by atoms with E-state index < -0.39 is 0 Å². The minimum atomic E-state index is -0.384. The Hall–Kier alpha value is -1.03. The summed E-state index contributed by atoms with van der Waals surface area (Å²) in [6.07, 6.45) is 2.90. The zero-order chi connectivity index (χ0) is 12.0. The van der Waals surface area contributed by atoms with E-state index in [0.29, 0.717) is 17.9 Å². The van der Waals surface area contributed by atoms with Gasteiger partial charge < -0.3 is 4.74 Å². The van der Waals surface area contributed by atoms with Gasteiger partial charge in [0, 0.05) is 6.07 Å². The van der Waals surface area contributed by atoms with Crippen LogP contribution in [0, 0.1) is 5.82 Å². The number of carbonyl (C=O) groups excluding carboxylic acids is 1. The van der Waals surface area contributed by atoms with Crippen LogP contribution in [0.2, 0.25) is 0 Å². The average Bonchev–Trinajstić information content (AvgIpc) is 2.24. The van der Waals surface area contributed by atoms with Gasteiger partial charge in [-0.15, -0.1) is 0 Å². The molecule has 1 aromatic carbocycles. The van der Waals surface area contributed by atoms with Crippen LogP contribution in [0.1, 0.15) is 23.7 Å². The lowest BCUT2D eigenvalue weighted by Crippen LogP contribution is -2.04. The number of ether oxygens (including phenoxy) is 1. The molecule has 0 saturated carbocycles. The Morgan fingerprint density at radius 2 is 2.25 bits per heavy atom. The van der Waals surface area contributed by atoms with Gasteiger partial charge in [0.1, 0.15) is 11.6 Å². The maximum atomic E-state index is 13.0. The molecule has 0 spiro atoms. The minimum Gasteiger partial charge on any atom is -0.493 e. The van der Waals surface area contributed by atoms with Gasteiger partial charge in [-0.1, -0.05) is 0 Å². The van der Waals surface area contributed by atoms with E-state index in [1.54, 1.807) is 11.8 Å². The van der Waals surface area contributed by atoms with E-state index in [2.05, 4.69) is 0 Å². The quantitative estimate of drug-likeness (QED) is 0.566. The molecule has 0 fully saturated rings. The molecular formula is C12H15FO2S. The van der Waals surface area contributed by atoms with Crippen molar-refractivity contribution in [1.82, 2.24) is 0 Å². The number of hydrogen-bond donors (Lipinski definition) is 0. The summed E-state index contributed by atoms with van der Waals surface area (Å²) in [5.74, 6) is 0.836. The molecule has 1 aromatic rings. The van der Waals surface area contributed by atoms with Crippen LogP contribution in [0.4, 0.5) is 4.39 Å². The molecule has 0 aliphatic rings. The van der Waals surface area contributed by atoms with Crippen LogP contribution in [0.5, 0.6) is 5.75 Å². The van der Waals surface area contributed by atoms with Gasteiger partial charge in [-0.3, -0.25) is 4.79 Å². The highest BCUT2D eigenvalue weighted by Crippen LogP contribution is 2.20. The fourth-order valence-electron chi connectivity index (χ4n) is 1.29. The van der Waals surface area contributed by atoms with Crippen LogP contribution < -0.4 is 4.74 Å². The molecule has 0 aliphatic heterocycles. The maximum Gasteiger partial charge on any atom is 0.163 e. The molecule has 2 nitrogen and oxygen atoms in total. The molecule has 1 rings (SSSR count). The summed E-state index contributed by atoms with van der Waals surface area (Å²) in [6.45, 7) is 1.95. The van der Waals surface area contributed by atoms with Crippen LogP contribution in [0.25, 0.3) is 0 Å². The summed E-state index contributed by atoms with van der Waals surface area (Å²) in [6, 6.07) is 3.99. The SMILES string of the molecule is CSCCCOc1cc(F)ccc1C(C)=O. The first kappa shape index (κ1) is 13.0. The Morgan fingerprint density at radius 3 is 2.88 bits per heavy atom. The smallest absolute Gasteiger partial charge is 0.163 e. The number of rotatable bonds is 6. The van der Waals surface area contributed by atoms with Crippen molar-refractivity contribution in [3.63, 3.8) is 0 Å². The molecule has 0 heterocycles. The Balaban J connectivity index is 2.68. The van der Waals surface area contributed by atoms with Gasteiger partial charge in [-0.05, 0) is 37.5 Å². The minimum absolute atomic E-state index is 0.111. The second-order valence-corrected chi connectivity index (χ2v) is 4.38. The van der Waals surface area contributed by atoms with E-state index in [9.17, 15) is 9.18 Å². The molecule has 0 atom stereocenters. The van der Waals surface area contributed by atoms with Crippen molar-refractivity contribution in [3.8, 4) is 5.75 Å². The number of carbonyl (C=O) groups is 1. The van der Waals surface area contributed by atoms with Crippen LogP contribution >= 0.6 is 11.8 Å². The first-order valence-electron chi connectivity index (χ1n) is 5.07. The molecule has 0 unspecified atom stereocenters. The van der Waals surface area contributed by atoms with E-state index in [0.717, 1.165) is 12.2 Å². The molecule has 16 heavy (non-hydrogen) atoms. The standard InChI is InChI=1S/C12H15FO2S/c1-9(14)11-5-4-10(13)8-12(11)15-6-3-7-16-2/h4-5,8H,3,6-7H2,1-2H3. The van der Waals surface area contributed by atoms with Crippen molar-refractivity contribution >= 4 is 17.5 Å². The molecule has 0 aromatic heterocycles. The Bertz CT molecular complexity index is 366. The monoisotopic (exact) mass is 242 g/mol. The molecule has 0 saturated heterocycles. The van der Waals surface area contributed by atoms with Gasteiger partial charge in [-0.2, -0.15) is 11.8 Å². The lowest BCUT2D eigenvalue weighted by atomic mass is 10.1. The fraction of sp³-hybridized carbons (Fsp3) is 0.417. The number of benzene rings is 1. The third-order valence-corrected chi connectivity index (χ3v) is 2.77. The van der Waals surface area contributed by atoms with Crippen molar-refractivity contribution < 1.29 is 13.9 Å². The summed E-state index contributed by atoms with van der Waals surface area (Å²) >= 11 is 1.73. The number of halogens is 1. The summed E-state index contributed by atoms with van der Waals surface area (Å²) < 4.78 is 18.4. The van der Waals surface area contributed by atoms with E-state index in [4.69, 9.17) is 4.74 Å². The van der Waals surface area contributed by atoms with Crippen molar-refractivity contribution in [2.75, 3.05) is 18.6 Å². The van der Waals surface area contributed by atoms with E-state index >= 15 is 0 Å². The molecule has 4 heteroatoms. The number of ketones is 1. The summed E-state index contributed by atoms with van der Waals surface area (Å²) in [5.41, 5.74) is 0.436. The van der Waals surface area contributed by atoms with Gasteiger partial charge >= 0.3 is 0 Å². The summed E-state index contributed by atoms with van der Waals surface area (Å²) in [5, 5.41) is 0. The summed E-state index contributed by atoms with van der Waals surface area (Å²) in [7, 11) is 0. The molecule has 0 bridgehead atoms. The molecule has 0 amide bonds. The van der Waals surface area contributed by atoms with Gasteiger partial charge in [0.15, 0.2) is 5.78 Å². The molecule has 0 radical (unpaired) electrons. The van der Waals surface area contributed by atoms with Crippen molar-refractivity contribution in [1.29, 1.82) is 0 Å². The lowest BCUT2D eigenvalue weighted by molar-refractivity contribution is 0.101. The Morgan fingerprint density at radius 1 is 1.50 bits per heavy atom. The Labute approximate surface area is 99.2 Å². The van der Waals surface area contributed by atoms with E-state index in [1.807, 2.05) is 6.26 Å². The number of Topliss-reactive ketones (excluding diaryl/α,β-unsaturated/α-hetero) is 1. The predicted octanol–water partition coefficient (Wildman–Crippen LogP) is 3.16. The van der Waals surface area contributed by atoms with Crippen LogP contribution in [0.3, 0.4) is 0 Å². The molecule has 0 aliphatic carbocycles. The normalized spacial score (nSPS) is 10.2. The highest BCUT2D eigenvalue weighted by molar-refractivity contribution is 7.98. The fourth-order valence-corrected chi connectivity index (χ4v) is 1.70. The molecule has 88 valence electrons. The second-order valence-electron chi connectivity index (χ2n) is 3.39. The van der Waals surface area contributed by atoms with Gasteiger partial charge in [0.25, 0.3) is 0 Å². The first-order valence-corrected chi connectivity index (χ1v) is 6.46. The number of thioether (sulfide) groups is 1. The third kappa shape index (κ3) is 3.85. The van der Waals surface area contributed by atoms with Gasteiger partial charge in [0.05, 0.1) is 12.2 Å². The number of hydrogen-bond acceptors (Lipinski definition) is 3. The van der Waals surface area contributed by atoms with E-state index in [1.165, 1.54) is 25.1 Å². The van der Waals surface area contributed by atoms with Crippen molar-refractivity contribution in [2.45, 2.75) is 13.3 Å². The second kappa shape index (κ2) is 6.53. The zero-order valence-corrected chi connectivity index (χ0v) is 10.3. The highest BCUT2D eigenvalue weighted by Gasteiger charge is 2.09. The lowest BCUT2D eigenvalue weighted by Gasteiger charge is -2.09. The van der Waals surface area contributed by atoms with Gasteiger partial charge in [-0.25, -0.2) is 4.39 Å². The first-order chi connectivity index (χ1) is 7.65. The maximum absolute atomic E-state index is 13.0. The zero-order valence-electron chi connectivity index (χ0n) is 9.46.